The van der Waals surface area contributed by atoms with E-state index in [4.69, 9.17) is 9.84 Å². The van der Waals surface area contributed by atoms with Crippen LogP contribution in [0.15, 0.2) is 18.2 Å². The van der Waals surface area contributed by atoms with E-state index < -0.39 is 12.0 Å². The summed E-state index contributed by atoms with van der Waals surface area (Å²) in [4.78, 5) is 17.8. The molecule has 196 valence electrons. The van der Waals surface area contributed by atoms with Gasteiger partial charge < -0.3 is 20.1 Å². The Hall–Kier alpha value is -2.40. The lowest BCUT2D eigenvalue weighted by Gasteiger charge is -2.29. The second-order valence-corrected chi connectivity index (χ2v) is 9.61. The third kappa shape index (κ3) is 9.29. The number of aromatic nitrogens is 2. The van der Waals surface area contributed by atoms with Crippen molar-refractivity contribution in [3.63, 3.8) is 0 Å². The number of aliphatic hydroxyl groups excluding tert-OH is 1. The fourth-order valence-electron chi connectivity index (χ4n) is 3.67. The fourth-order valence-corrected chi connectivity index (χ4v) is 4.27. The summed E-state index contributed by atoms with van der Waals surface area (Å²) in [7, 11) is 0. The molecule has 1 atom stereocenters. The van der Waals surface area contributed by atoms with E-state index in [1.165, 1.54) is 0 Å². The highest BCUT2D eigenvalue weighted by atomic mass is 32.1. The number of carbonyl (C=O) groups is 1. The maximum absolute atomic E-state index is 13.0. The van der Waals surface area contributed by atoms with Crippen LogP contribution in [0.25, 0.3) is 0 Å². The molecular formula is C24H35F3N4O3S. The van der Waals surface area contributed by atoms with Crippen LogP contribution in [-0.4, -0.2) is 46.7 Å². The molecule has 7 nitrogen and oxygen atoms in total. The molecule has 2 aromatic rings. The molecule has 0 saturated heterocycles. The van der Waals surface area contributed by atoms with Gasteiger partial charge in [-0.15, -0.1) is 0 Å². The number of ether oxygens (including phenoxy) is 1. The Balaban J connectivity index is 2.40. The monoisotopic (exact) mass is 516 g/mol. The minimum absolute atomic E-state index is 0.0403. The zero-order valence-electron chi connectivity index (χ0n) is 20.7. The Labute approximate surface area is 208 Å². The largest absolute Gasteiger partial charge is 0.466 e. The Kier molecular flexibility index (Phi) is 11.2. The number of anilines is 3. The van der Waals surface area contributed by atoms with Gasteiger partial charge in [0, 0.05) is 31.2 Å². The third-order valence-electron chi connectivity index (χ3n) is 5.30. The first-order chi connectivity index (χ1) is 16.5. The predicted octanol–water partition coefficient (Wildman–Crippen LogP) is 5.98. The molecule has 0 aliphatic rings. The lowest BCUT2D eigenvalue weighted by atomic mass is 9.96. The summed E-state index contributed by atoms with van der Waals surface area (Å²) in [5, 5.41) is 12.2. The van der Waals surface area contributed by atoms with Crippen molar-refractivity contribution < 1.29 is 27.8 Å². The van der Waals surface area contributed by atoms with Gasteiger partial charge in [-0.1, -0.05) is 26.8 Å². The molecule has 0 spiro atoms. The second-order valence-electron chi connectivity index (χ2n) is 8.86. The quantitative estimate of drug-likeness (QED) is 0.236. The summed E-state index contributed by atoms with van der Waals surface area (Å²) < 4.78 is 47.6. The zero-order chi connectivity index (χ0) is 26.0. The number of benzene rings is 1. The molecule has 0 radical (unpaired) electrons. The van der Waals surface area contributed by atoms with Gasteiger partial charge in [0.2, 0.25) is 11.0 Å². The van der Waals surface area contributed by atoms with Gasteiger partial charge in [-0.05, 0) is 55.7 Å². The molecule has 0 bridgehead atoms. The van der Waals surface area contributed by atoms with Crippen LogP contribution in [0.4, 0.5) is 29.7 Å². The van der Waals surface area contributed by atoms with Crippen molar-refractivity contribution >= 4 is 34.0 Å². The summed E-state index contributed by atoms with van der Waals surface area (Å²) in [6.07, 6.45) is -1.97. The average molecular weight is 517 g/mol. The molecule has 11 heteroatoms. The molecule has 2 N–H and O–H groups in total. The highest BCUT2D eigenvalue weighted by Gasteiger charge is 2.36. The van der Waals surface area contributed by atoms with Crippen molar-refractivity contribution in [1.82, 2.24) is 9.36 Å². The maximum atomic E-state index is 13.0. The van der Waals surface area contributed by atoms with Gasteiger partial charge in [0.25, 0.3) is 0 Å². The normalized spacial score (nSPS) is 12.6. The minimum atomic E-state index is -4.62. The standard InChI is InChI=1S/C24H35F3N4O3S/c1-5-34-21(33)13-17(4)18-9-10-20(31(15-16(2)3)11-7-6-8-12-32)19(14-18)28-23-29-22(30-35-23)24(25,26)27/h9-10,14,16-17,32H,5-8,11-13,15H2,1-4H3,(H,28,29,30)/t17-/m1/s1. The van der Waals surface area contributed by atoms with Crippen LogP contribution < -0.4 is 10.2 Å². The van der Waals surface area contributed by atoms with E-state index in [0.717, 1.165) is 43.6 Å². The molecule has 1 aromatic carbocycles. The van der Waals surface area contributed by atoms with Crippen LogP contribution >= 0.6 is 11.5 Å². The molecule has 1 aromatic heterocycles. The summed E-state index contributed by atoms with van der Waals surface area (Å²) in [6, 6.07) is 5.72. The topological polar surface area (TPSA) is 87.6 Å². The van der Waals surface area contributed by atoms with Crippen molar-refractivity contribution in [1.29, 1.82) is 0 Å². The molecule has 0 amide bonds. The van der Waals surface area contributed by atoms with Gasteiger partial charge in [-0.3, -0.25) is 4.79 Å². The molecule has 2 rings (SSSR count). The van der Waals surface area contributed by atoms with Crippen LogP contribution in [0.5, 0.6) is 0 Å². The Bertz CT molecular complexity index is 937. The number of nitrogens with one attached hydrogen (secondary N) is 1. The number of hydrogen-bond acceptors (Lipinski definition) is 8. The van der Waals surface area contributed by atoms with Crippen molar-refractivity contribution in [3.8, 4) is 0 Å². The van der Waals surface area contributed by atoms with Gasteiger partial charge >= 0.3 is 12.1 Å². The van der Waals surface area contributed by atoms with Gasteiger partial charge in [-0.25, -0.2) is 0 Å². The number of esters is 1. The van der Waals surface area contributed by atoms with E-state index in [1.807, 2.05) is 25.1 Å². The number of carbonyl (C=O) groups excluding carboxylic acids is 1. The molecule has 1 heterocycles. The van der Waals surface area contributed by atoms with Crippen molar-refractivity contribution in [3.05, 3.63) is 29.6 Å². The van der Waals surface area contributed by atoms with Crippen molar-refractivity contribution in [2.75, 3.05) is 36.5 Å². The highest BCUT2D eigenvalue weighted by Crippen LogP contribution is 2.36. The molecule has 0 aliphatic heterocycles. The van der Waals surface area contributed by atoms with Crippen molar-refractivity contribution in [2.24, 2.45) is 5.92 Å². The van der Waals surface area contributed by atoms with Gasteiger partial charge in [0.15, 0.2) is 0 Å². The Morgan fingerprint density at radius 2 is 1.97 bits per heavy atom. The smallest absolute Gasteiger partial charge is 0.452 e. The van der Waals surface area contributed by atoms with E-state index in [-0.39, 0.29) is 30.0 Å². The number of alkyl halides is 3. The average Bonchev–Trinajstić information content (AvgIpc) is 3.25. The van der Waals surface area contributed by atoms with Gasteiger partial charge in [0.1, 0.15) is 0 Å². The number of aliphatic hydroxyl groups is 1. The van der Waals surface area contributed by atoms with Crippen LogP contribution in [0, 0.1) is 5.92 Å². The molecule has 0 saturated carbocycles. The van der Waals surface area contributed by atoms with Gasteiger partial charge in [-0.2, -0.15) is 22.5 Å². The lowest BCUT2D eigenvalue weighted by Crippen LogP contribution is -2.29. The first kappa shape index (κ1) is 28.8. The lowest BCUT2D eigenvalue weighted by molar-refractivity contribution is -0.144. The van der Waals surface area contributed by atoms with E-state index >= 15 is 0 Å². The van der Waals surface area contributed by atoms with E-state index in [9.17, 15) is 18.0 Å². The summed E-state index contributed by atoms with van der Waals surface area (Å²) in [5.74, 6) is -1.28. The number of hydrogen-bond donors (Lipinski definition) is 2. The predicted molar refractivity (Wildman–Crippen MR) is 132 cm³/mol. The molecule has 0 unspecified atom stereocenters. The number of unbranched alkanes of at least 4 members (excludes halogenated alkanes) is 2. The molecular weight excluding hydrogens is 481 g/mol. The summed E-state index contributed by atoms with van der Waals surface area (Å²) in [6.45, 7) is 9.78. The first-order valence-electron chi connectivity index (χ1n) is 11.9. The van der Waals surface area contributed by atoms with Crippen LogP contribution in [-0.2, 0) is 15.7 Å². The van der Waals surface area contributed by atoms with Crippen LogP contribution in [0.2, 0.25) is 0 Å². The molecule has 35 heavy (non-hydrogen) atoms. The SMILES string of the molecule is CCOC(=O)C[C@@H](C)c1ccc(N(CCCCCO)CC(C)C)c(Nc2nc(C(F)(F)F)ns2)c1. The zero-order valence-corrected chi connectivity index (χ0v) is 21.5. The third-order valence-corrected chi connectivity index (χ3v) is 5.93. The first-order valence-corrected chi connectivity index (χ1v) is 12.7. The Morgan fingerprint density at radius 1 is 1.23 bits per heavy atom. The van der Waals surface area contributed by atoms with Crippen LogP contribution in [0.3, 0.4) is 0 Å². The number of nitrogens with zero attached hydrogens (tertiary/aromatic N) is 3. The van der Waals surface area contributed by atoms with E-state index in [0.29, 0.717) is 29.7 Å². The minimum Gasteiger partial charge on any atom is -0.466 e. The molecule has 0 aliphatic carbocycles. The number of rotatable bonds is 14. The summed E-state index contributed by atoms with van der Waals surface area (Å²) in [5.41, 5.74) is 2.29. The Morgan fingerprint density at radius 3 is 2.57 bits per heavy atom. The fraction of sp³-hybridized carbons (Fsp3) is 0.625. The van der Waals surface area contributed by atoms with Gasteiger partial charge in [0.05, 0.1) is 24.4 Å². The maximum Gasteiger partial charge on any atom is 0.452 e. The second kappa shape index (κ2) is 13.6. The summed E-state index contributed by atoms with van der Waals surface area (Å²) >= 11 is 0.649. The highest BCUT2D eigenvalue weighted by molar-refractivity contribution is 7.09. The van der Waals surface area contributed by atoms with E-state index in [1.54, 1.807) is 6.92 Å². The van der Waals surface area contributed by atoms with E-state index in [2.05, 4.69) is 33.4 Å². The van der Waals surface area contributed by atoms with Crippen LogP contribution in [0.1, 0.15) is 70.7 Å². The number of halogens is 3. The van der Waals surface area contributed by atoms with Crippen molar-refractivity contribution in [2.45, 2.75) is 65.5 Å². The molecule has 0 fully saturated rings.